The molecule has 72 valence electrons. The molecule has 0 aliphatic heterocycles. The fraction of sp³-hybridized carbons (Fsp3) is 0.857. The second kappa shape index (κ2) is 7.61. The van der Waals surface area contributed by atoms with E-state index in [1.54, 1.807) is 10.8 Å². The Kier molecular flexibility index (Phi) is 7.59. The van der Waals surface area contributed by atoms with Crippen LogP contribution >= 0.6 is 21.8 Å². The molecule has 0 rings (SSSR count). The SMILES string of the molecule is CCCCSSN(CC)C(=O)O. The Morgan fingerprint density at radius 2 is 2.17 bits per heavy atom. The lowest BCUT2D eigenvalue weighted by Gasteiger charge is -2.13. The first-order chi connectivity index (χ1) is 5.72. The molecule has 0 aromatic carbocycles. The lowest BCUT2D eigenvalue weighted by atomic mass is 10.4. The molecule has 3 nitrogen and oxygen atoms in total. The van der Waals surface area contributed by atoms with Crippen LogP contribution in [-0.2, 0) is 0 Å². The van der Waals surface area contributed by atoms with Gasteiger partial charge in [-0.25, -0.2) is 9.10 Å². The Morgan fingerprint density at radius 1 is 1.50 bits per heavy atom. The molecule has 0 aromatic rings. The molecule has 0 saturated heterocycles. The molecular formula is C7H15NO2S2. The lowest BCUT2D eigenvalue weighted by Crippen LogP contribution is -2.20. The average molecular weight is 209 g/mol. The first kappa shape index (κ1) is 12.0. The van der Waals surface area contributed by atoms with E-state index in [1.165, 1.54) is 15.3 Å². The van der Waals surface area contributed by atoms with Gasteiger partial charge in [-0.3, -0.25) is 0 Å². The summed E-state index contributed by atoms with van der Waals surface area (Å²) in [5.74, 6) is 1.02. The van der Waals surface area contributed by atoms with Crippen molar-refractivity contribution in [1.82, 2.24) is 4.31 Å². The van der Waals surface area contributed by atoms with Gasteiger partial charge in [-0.15, -0.1) is 0 Å². The first-order valence-corrected chi connectivity index (χ1v) is 6.30. The lowest BCUT2D eigenvalue weighted by molar-refractivity contribution is 0.177. The minimum Gasteiger partial charge on any atom is -0.464 e. The number of carbonyl (C=O) groups is 1. The van der Waals surface area contributed by atoms with E-state index in [1.807, 2.05) is 6.92 Å². The van der Waals surface area contributed by atoms with E-state index in [4.69, 9.17) is 5.11 Å². The van der Waals surface area contributed by atoms with Crippen LogP contribution in [0.25, 0.3) is 0 Å². The summed E-state index contributed by atoms with van der Waals surface area (Å²) in [4.78, 5) is 10.5. The van der Waals surface area contributed by atoms with Gasteiger partial charge in [-0.1, -0.05) is 24.1 Å². The van der Waals surface area contributed by atoms with Crippen molar-refractivity contribution < 1.29 is 9.90 Å². The van der Waals surface area contributed by atoms with Crippen LogP contribution in [0.15, 0.2) is 0 Å². The largest absolute Gasteiger partial charge is 0.464 e. The molecular weight excluding hydrogens is 194 g/mol. The maximum absolute atomic E-state index is 10.5. The van der Waals surface area contributed by atoms with Crippen molar-refractivity contribution in [3.8, 4) is 0 Å². The predicted molar refractivity (Wildman–Crippen MR) is 55.4 cm³/mol. The molecule has 0 heterocycles. The number of nitrogens with zero attached hydrogens (tertiary/aromatic N) is 1. The van der Waals surface area contributed by atoms with E-state index < -0.39 is 6.09 Å². The van der Waals surface area contributed by atoms with Crippen LogP contribution in [0.5, 0.6) is 0 Å². The third-order valence-electron chi connectivity index (χ3n) is 1.22. The third kappa shape index (κ3) is 5.60. The molecule has 0 aromatic heterocycles. The summed E-state index contributed by atoms with van der Waals surface area (Å²) in [6.45, 7) is 4.50. The van der Waals surface area contributed by atoms with Gasteiger partial charge in [0.2, 0.25) is 0 Å². The number of rotatable bonds is 6. The zero-order chi connectivity index (χ0) is 9.40. The standard InChI is InChI=1S/C7H15NO2S2/c1-3-5-6-11-12-8(4-2)7(9)10/h3-6H2,1-2H3,(H,9,10). The number of hydrogen-bond acceptors (Lipinski definition) is 3. The predicted octanol–water partition coefficient (Wildman–Crippen LogP) is 3.08. The van der Waals surface area contributed by atoms with Crippen LogP contribution in [0.1, 0.15) is 26.7 Å². The molecule has 12 heavy (non-hydrogen) atoms. The fourth-order valence-corrected chi connectivity index (χ4v) is 2.77. The summed E-state index contributed by atoms with van der Waals surface area (Å²) in [7, 11) is 2.92. The zero-order valence-electron chi connectivity index (χ0n) is 7.45. The molecule has 0 spiro atoms. The van der Waals surface area contributed by atoms with Gasteiger partial charge in [-0.05, 0) is 13.3 Å². The van der Waals surface area contributed by atoms with Crippen LogP contribution in [0, 0.1) is 0 Å². The van der Waals surface area contributed by atoms with Crippen molar-refractivity contribution in [2.75, 3.05) is 12.3 Å². The molecule has 5 heteroatoms. The second-order valence-corrected chi connectivity index (χ2v) is 4.62. The van der Waals surface area contributed by atoms with E-state index in [2.05, 4.69) is 6.92 Å². The molecule has 0 bridgehead atoms. The average Bonchev–Trinajstić information content (AvgIpc) is 2.04. The summed E-state index contributed by atoms with van der Waals surface area (Å²) < 4.78 is 1.33. The van der Waals surface area contributed by atoms with Crippen LogP contribution in [0.4, 0.5) is 4.79 Å². The van der Waals surface area contributed by atoms with Crippen LogP contribution in [0.2, 0.25) is 0 Å². The van der Waals surface area contributed by atoms with Gasteiger partial charge in [-0.2, -0.15) is 0 Å². The van der Waals surface area contributed by atoms with Crippen molar-refractivity contribution in [3.05, 3.63) is 0 Å². The van der Waals surface area contributed by atoms with Gasteiger partial charge >= 0.3 is 6.09 Å². The number of unbranched alkanes of at least 4 members (excludes halogenated alkanes) is 1. The minimum absolute atomic E-state index is 0.541. The molecule has 0 atom stereocenters. The minimum atomic E-state index is -0.855. The van der Waals surface area contributed by atoms with Gasteiger partial charge < -0.3 is 5.11 Å². The van der Waals surface area contributed by atoms with Gasteiger partial charge in [0.05, 0.1) is 0 Å². The molecule has 0 aliphatic rings. The Balaban J connectivity index is 3.38. The number of carboxylic acid groups (broad SMARTS) is 1. The summed E-state index contributed by atoms with van der Waals surface area (Å²) in [5.41, 5.74) is 0. The molecule has 0 saturated carbocycles. The van der Waals surface area contributed by atoms with Gasteiger partial charge in [0.1, 0.15) is 0 Å². The van der Waals surface area contributed by atoms with E-state index in [9.17, 15) is 4.79 Å². The Bertz CT molecular complexity index is 133. The van der Waals surface area contributed by atoms with Gasteiger partial charge in [0, 0.05) is 23.3 Å². The maximum Gasteiger partial charge on any atom is 0.418 e. The third-order valence-corrected chi connectivity index (χ3v) is 3.74. The van der Waals surface area contributed by atoms with Gasteiger partial charge in [0.15, 0.2) is 0 Å². The van der Waals surface area contributed by atoms with Crippen molar-refractivity contribution in [1.29, 1.82) is 0 Å². The van der Waals surface area contributed by atoms with Gasteiger partial charge in [0.25, 0.3) is 0 Å². The Morgan fingerprint density at radius 3 is 2.58 bits per heavy atom. The normalized spacial score (nSPS) is 9.83. The van der Waals surface area contributed by atoms with E-state index in [-0.39, 0.29) is 0 Å². The van der Waals surface area contributed by atoms with Crippen molar-refractivity contribution in [3.63, 3.8) is 0 Å². The summed E-state index contributed by atoms with van der Waals surface area (Å²) in [5, 5.41) is 8.62. The van der Waals surface area contributed by atoms with Crippen molar-refractivity contribution >= 4 is 27.9 Å². The van der Waals surface area contributed by atoms with E-state index >= 15 is 0 Å². The summed E-state index contributed by atoms with van der Waals surface area (Å²) >= 11 is 0. The molecule has 0 fully saturated rings. The molecule has 0 unspecified atom stereocenters. The fourth-order valence-electron chi connectivity index (χ4n) is 0.524. The zero-order valence-corrected chi connectivity index (χ0v) is 9.08. The smallest absolute Gasteiger partial charge is 0.418 e. The number of hydrogen-bond donors (Lipinski definition) is 1. The van der Waals surface area contributed by atoms with E-state index in [0.717, 1.165) is 18.6 Å². The van der Waals surface area contributed by atoms with E-state index in [0.29, 0.717) is 6.54 Å². The monoisotopic (exact) mass is 209 g/mol. The highest BCUT2D eigenvalue weighted by molar-refractivity contribution is 8.75. The molecule has 1 N–H and O–H groups in total. The first-order valence-electron chi connectivity index (χ1n) is 4.02. The molecule has 0 aliphatic carbocycles. The highest BCUT2D eigenvalue weighted by Gasteiger charge is 2.08. The second-order valence-electron chi connectivity index (χ2n) is 2.23. The maximum atomic E-state index is 10.5. The van der Waals surface area contributed by atoms with Crippen molar-refractivity contribution in [2.24, 2.45) is 0 Å². The molecule has 0 radical (unpaired) electrons. The van der Waals surface area contributed by atoms with Crippen LogP contribution < -0.4 is 0 Å². The molecule has 1 amide bonds. The highest BCUT2D eigenvalue weighted by Crippen LogP contribution is 2.26. The van der Waals surface area contributed by atoms with Crippen LogP contribution in [0.3, 0.4) is 0 Å². The Labute approximate surface area is 81.4 Å². The van der Waals surface area contributed by atoms with Crippen molar-refractivity contribution in [2.45, 2.75) is 26.7 Å². The Hall–Kier alpha value is -0.0300. The quantitative estimate of drug-likeness (QED) is 0.414. The number of amides is 1. The summed E-state index contributed by atoms with van der Waals surface area (Å²) in [6.07, 6.45) is 1.45. The highest BCUT2D eigenvalue weighted by atomic mass is 33.1. The van der Waals surface area contributed by atoms with Crippen LogP contribution in [-0.4, -0.2) is 27.8 Å². The topological polar surface area (TPSA) is 40.5 Å². The summed E-state index contributed by atoms with van der Waals surface area (Å²) in [6, 6.07) is 0.